The summed E-state index contributed by atoms with van der Waals surface area (Å²) in [5.74, 6) is -0.673. The van der Waals surface area contributed by atoms with Crippen LogP contribution in [0.3, 0.4) is 0 Å². The van der Waals surface area contributed by atoms with Crippen LogP contribution in [0.4, 0.5) is 5.69 Å². The first kappa shape index (κ1) is 20.4. The lowest BCUT2D eigenvalue weighted by molar-refractivity contribution is 0.0972. The molecule has 6 nitrogen and oxygen atoms in total. The fraction of sp³-hybridized carbons (Fsp3) is 0.227. The number of phenols is 2. The summed E-state index contributed by atoms with van der Waals surface area (Å²) in [5.41, 5.74) is 4.12. The van der Waals surface area contributed by atoms with Crippen LogP contribution in [0, 0.1) is 6.92 Å². The van der Waals surface area contributed by atoms with Crippen molar-refractivity contribution in [1.82, 2.24) is 9.97 Å². The van der Waals surface area contributed by atoms with Gasteiger partial charge in [-0.3, -0.25) is 4.79 Å². The Bertz CT molecular complexity index is 1170. The molecule has 0 spiro atoms. The Hall–Kier alpha value is -2.83. The van der Waals surface area contributed by atoms with E-state index >= 15 is 0 Å². The molecular weight excluding hydrogens is 425 g/mol. The van der Waals surface area contributed by atoms with Crippen molar-refractivity contribution >= 4 is 34.8 Å². The molecule has 1 amide bonds. The summed E-state index contributed by atoms with van der Waals surface area (Å²) in [5, 5.41) is 20.1. The van der Waals surface area contributed by atoms with Crippen LogP contribution in [0.5, 0.6) is 11.5 Å². The average molecular weight is 444 g/mol. The van der Waals surface area contributed by atoms with Gasteiger partial charge in [-0.15, -0.1) is 0 Å². The number of fused-ring (bicyclic) bond motifs is 1. The van der Waals surface area contributed by atoms with E-state index in [1.165, 1.54) is 12.1 Å². The number of aromatic hydroxyl groups is 2. The molecule has 2 N–H and O–H groups in total. The number of hydrogen-bond donors (Lipinski definition) is 2. The van der Waals surface area contributed by atoms with E-state index in [1.807, 2.05) is 32.0 Å². The van der Waals surface area contributed by atoms with Crippen LogP contribution in [0.1, 0.15) is 34.8 Å². The van der Waals surface area contributed by atoms with E-state index in [4.69, 9.17) is 23.2 Å². The number of anilines is 1. The maximum atomic E-state index is 13.2. The predicted molar refractivity (Wildman–Crippen MR) is 117 cm³/mol. The molecule has 0 unspecified atom stereocenters. The van der Waals surface area contributed by atoms with Gasteiger partial charge in [0.05, 0.1) is 11.3 Å². The van der Waals surface area contributed by atoms with Gasteiger partial charge in [0.1, 0.15) is 16.7 Å². The summed E-state index contributed by atoms with van der Waals surface area (Å²) in [7, 11) is 0. The van der Waals surface area contributed by atoms with Crippen molar-refractivity contribution in [3.8, 4) is 22.8 Å². The monoisotopic (exact) mass is 443 g/mol. The first-order valence-corrected chi connectivity index (χ1v) is 10.2. The van der Waals surface area contributed by atoms with Gasteiger partial charge in [-0.05, 0) is 68.1 Å². The summed E-state index contributed by atoms with van der Waals surface area (Å²) in [6.45, 7) is 3.80. The Labute approximate surface area is 183 Å². The molecule has 1 aromatic heterocycles. The van der Waals surface area contributed by atoms with Gasteiger partial charge in [0, 0.05) is 28.9 Å². The highest BCUT2D eigenvalue weighted by atomic mass is 35.5. The molecule has 0 fully saturated rings. The molecule has 0 saturated carbocycles. The van der Waals surface area contributed by atoms with Crippen molar-refractivity contribution in [2.45, 2.75) is 32.7 Å². The third-order valence-corrected chi connectivity index (χ3v) is 5.91. The fourth-order valence-electron chi connectivity index (χ4n) is 3.78. The van der Waals surface area contributed by atoms with Crippen LogP contribution in [-0.2, 0) is 6.42 Å². The van der Waals surface area contributed by atoms with Crippen molar-refractivity contribution < 1.29 is 15.0 Å². The van der Waals surface area contributed by atoms with Gasteiger partial charge in [0.25, 0.3) is 5.91 Å². The van der Waals surface area contributed by atoms with Crippen molar-refractivity contribution in [1.29, 1.82) is 0 Å². The summed E-state index contributed by atoms with van der Waals surface area (Å²) >= 11 is 12.2. The first-order valence-electron chi connectivity index (χ1n) is 9.44. The second-order valence-corrected chi connectivity index (χ2v) is 8.06. The first-order chi connectivity index (χ1) is 14.3. The second kappa shape index (κ2) is 7.78. The number of rotatable bonds is 2. The van der Waals surface area contributed by atoms with Crippen molar-refractivity contribution in [3.05, 3.63) is 63.5 Å². The standard InChI is InChI=1S/C22H19Cl2N3O3/c1-11-3-4-13-9-14(19-12(2)20(23)26-22(24)25-19)5-8-17(13)27(11)21(30)16-7-6-15(28)10-18(16)29/h5-11,28-29H,3-4H2,1-2H3/t11-/m0/s1. The number of hydrogen-bond acceptors (Lipinski definition) is 5. The molecule has 4 rings (SSSR count). The Morgan fingerprint density at radius 1 is 1.13 bits per heavy atom. The Kier molecular flexibility index (Phi) is 5.30. The minimum atomic E-state index is -0.321. The number of phenolic OH excluding ortho intramolecular Hbond substituents is 2. The van der Waals surface area contributed by atoms with Crippen molar-refractivity contribution in [2.75, 3.05) is 4.90 Å². The Morgan fingerprint density at radius 2 is 1.90 bits per heavy atom. The van der Waals surface area contributed by atoms with E-state index in [9.17, 15) is 15.0 Å². The molecule has 1 aliphatic heterocycles. The fourth-order valence-corrected chi connectivity index (χ4v) is 4.17. The van der Waals surface area contributed by atoms with E-state index in [1.54, 1.807) is 4.90 Å². The molecule has 8 heteroatoms. The zero-order valence-electron chi connectivity index (χ0n) is 16.4. The highest BCUT2D eigenvalue weighted by Crippen LogP contribution is 2.37. The van der Waals surface area contributed by atoms with Gasteiger partial charge < -0.3 is 15.1 Å². The second-order valence-electron chi connectivity index (χ2n) is 7.36. The van der Waals surface area contributed by atoms with Gasteiger partial charge in [-0.25, -0.2) is 9.97 Å². The third kappa shape index (κ3) is 3.57. The molecular formula is C22H19Cl2N3O3. The molecule has 0 saturated heterocycles. The number of benzene rings is 2. The van der Waals surface area contributed by atoms with Gasteiger partial charge in [-0.1, -0.05) is 17.7 Å². The Balaban J connectivity index is 1.77. The number of carbonyl (C=O) groups excluding carboxylic acids is 1. The molecule has 0 bridgehead atoms. The van der Waals surface area contributed by atoms with Crippen molar-refractivity contribution in [3.63, 3.8) is 0 Å². The van der Waals surface area contributed by atoms with E-state index in [-0.39, 0.29) is 34.3 Å². The van der Waals surface area contributed by atoms with Crippen LogP contribution in [-0.4, -0.2) is 32.1 Å². The number of carbonyl (C=O) groups is 1. The molecule has 0 aliphatic carbocycles. The minimum Gasteiger partial charge on any atom is -0.508 e. The summed E-state index contributed by atoms with van der Waals surface area (Å²) in [6, 6.07) is 9.66. The van der Waals surface area contributed by atoms with Crippen LogP contribution < -0.4 is 4.90 Å². The molecule has 30 heavy (non-hydrogen) atoms. The van der Waals surface area contributed by atoms with Crippen LogP contribution in [0.15, 0.2) is 36.4 Å². The number of halogens is 2. The van der Waals surface area contributed by atoms with Gasteiger partial charge in [0.2, 0.25) is 5.28 Å². The number of nitrogens with zero attached hydrogens (tertiary/aromatic N) is 3. The molecule has 2 aromatic carbocycles. The lowest BCUT2D eigenvalue weighted by atomic mass is 9.93. The Morgan fingerprint density at radius 3 is 2.63 bits per heavy atom. The normalized spacial score (nSPS) is 15.7. The van der Waals surface area contributed by atoms with Crippen LogP contribution >= 0.6 is 23.2 Å². The van der Waals surface area contributed by atoms with Crippen LogP contribution in [0.25, 0.3) is 11.3 Å². The summed E-state index contributed by atoms with van der Waals surface area (Å²) in [6.07, 6.45) is 1.56. The molecule has 1 aliphatic rings. The predicted octanol–water partition coefficient (Wildman–Crippen LogP) is 5.15. The number of aromatic nitrogens is 2. The maximum absolute atomic E-state index is 13.2. The largest absolute Gasteiger partial charge is 0.508 e. The zero-order chi connectivity index (χ0) is 21.6. The quantitative estimate of drug-likeness (QED) is 0.422. The maximum Gasteiger partial charge on any atom is 0.262 e. The molecule has 3 aromatic rings. The van der Waals surface area contributed by atoms with Gasteiger partial charge >= 0.3 is 0 Å². The number of amides is 1. The van der Waals surface area contributed by atoms with E-state index in [2.05, 4.69) is 9.97 Å². The summed E-state index contributed by atoms with van der Waals surface area (Å²) < 4.78 is 0. The van der Waals surface area contributed by atoms with E-state index in [0.717, 1.165) is 41.3 Å². The topological polar surface area (TPSA) is 86.6 Å². The lowest BCUT2D eigenvalue weighted by Gasteiger charge is -2.35. The van der Waals surface area contributed by atoms with Gasteiger partial charge in [-0.2, -0.15) is 0 Å². The molecule has 0 radical (unpaired) electrons. The van der Waals surface area contributed by atoms with E-state index < -0.39 is 0 Å². The minimum absolute atomic E-state index is 0.0475. The average Bonchev–Trinajstić information content (AvgIpc) is 2.70. The SMILES string of the molecule is Cc1c(Cl)nc(Cl)nc1-c1ccc2c(c1)CC[C@H](C)N2C(=O)c1ccc(O)cc1O. The lowest BCUT2D eigenvalue weighted by Crippen LogP contribution is -2.42. The van der Waals surface area contributed by atoms with E-state index in [0.29, 0.717) is 10.8 Å². The van der Waals surface area contributed by atoms with Crippen LogP contribution in [0.2, 0.25) is 10.4 Å². The summed E-state index contributed by atoms with van der Waals surface area (Å²) in [4.78, 5) is 23.2. The van der Waals surface area contributed by atoms with Crippen molar-refractivity contribution in [2.24, 2.45) is 0 Å². The zero-order valence-corrected chi connectivity index (χ0v) is 17.9. The molecule has 2 heterocycles. The molecule has 154 valence electrons. The molecule has 1 atom stereocenters. The highest BCUT2D eigenvalue weighted by molar-refractivity contribution is 6.32. The smallest absolute Gasteiger partial charge is 0.262 e. The highest BCUT2D eigenvalue weighted by Gasteiger charge is 2.30. The van der Waals surface area contributed by atoms with Gasteiger partial charge in [0.15, 0.2) is 0 Å². The third-order valence-electron chi connectivity index (χ3n) is 5.37. The number of aryl methyl sites for hydroxylation is 1.